The summed E-state index contributed by atoms with van der Waals surface area (Å²) in [6, 6.07) is 6.35. The zero-order chi connectivity index (χ0) is 14.3. The van der Waals surface area contributed by atoms with Gasteiger partial charge in [0, 0.05) is 5.54 Å². The quantitative estimate of drug-likeness (QED) is 0.743. The lowest BCUT2D eigenvalue weighted by Gasteiger charge is -2.20. The van der Waals surface area contributed by atoms with E-state index in [4.69, 9.17) is 4.74 Å². The van der Waals surface area contributed by atoms with Crippen LogP contribution < -0.4 is 10.1 Å². The topological polar surface area (TPSA) is 21.3 Å². The third-order valence-electron chi connectivity index (χ3n) is 3.06. The Balaban J connectivity index is 2.11. The van der Waals surface area contributed by atoms with Crippen molar-refractivity contribution in [2.45, 2.75) is 59.4 Å². The standard InChI is InChI=1S/C17H29NO/c1-14-9-10-16(15(2)13-14)19-12-8-6-7-11-18-17(3,4)5/h9-10,13,18H,6-8,11-12H2,1-5H3. The van der Waals surface area contributed by atoms with Gasteiger partial charge in [0.05, 0.1) is 6.61 Å². The molecule has 0 spiro atoms. The maximum absolute atomic E-state index is 5.82. The minimum atomic E-state index is 0.232. The first-order valence-electron chi connectivity index (χ1n) is 7.33. The number of ether oxygens (including phenoxy) is 1. The van der Waals surface area contributed by atoms with E-state index in [9.17, 15) is 0 Å². The normalized spacial score (nSPS) is 11.6. The van der Waals surface area contributed by atoms with Gasteiger partial charge in [-0.05, 0) is 72.1 Å². The van der Waals surface area contributed by atoms with Crippen molar-refractivity contribution in [3.05, 3.63) is 29.3 Å². The molecular formula is C17H29NO. The highest BCUT2D eigenvalue weighted by Crippen LogP contribution is 2.18. The van der Waals surface area contributed by atoms with E-state index in [0.717, 1.165) is 25.3 Å². The van der Waals surface area contributed by atoms with Crippen molar-refractivity contribution in [1.29, 1.82) is 0 Å². The van der Waals surface area contributed by atoms with Gasteiger partial charge in [0.25, 0.3) is 0 Å². The molecule has 0 aromatic heterocycles. The molecule has 1 aromatic carbocycles. The van der Waals surface area contributed by atoms with Crippen molar-refractivity contribution in [3.8, 4) is 5.75 Å². The highest BCUT2D eigenvalue weighted by Gasteiger charge is 2.06. The molecule has 0 heterocycles. The van der Waals surface area contributed by atoms with Crippen LogP contribution in [0.3, 0.4) is 0 Å². The molecule has 0 amide bonds. The van der Waals surface area contributed by atoms with Gasteiger partial charge in [-0.1, -0.05) is 17.7 Å². The third-order valence-corrected chi connectivity index (χ3v) is 3.06. The predicted molar refractivity (Wildman–Crippen MR) is 83.0 cm³/mol. The monoisotopic (exact) mass is 263 g/mol. The Morgan fingerprint density at radius 2 is 1.79 bits per heavy atom. The second-order valence-corrected chi connectivity index (χ2v) is 6.35. The Labute approximate surface area is 118 Å². The average Bonchev–Trinajstić information content (AvgIpc) is 2.29. The fourth-order valence-corrected chi connectivity index (χ4v) is 2.01. The van der Waals surface area contributed by atoms with Crippen LogP contribution in [0.2, 0.25) is 0 Å². The zero-order valence-electron chi connectivity index (χ0n) is 13.2. The largest absolute Gasteiger partial charge is 0.493 e. The molecule has 0 fully saturated rings. The van der Waals surface area contributed by atoms with Crippen LogP contribution in [0.15, 0.2) is 18.2 Å². The van der Waals surface area contributed by atoms with Gasteiger partial charge in [-0.2, -0.15) is 0 Å². The molecule has 0 aliphatic rings. The Hall–Kier alpha value is -1.02. The first-order valence-corrected chi connectivity index (χ1v) is 7.33. The molecule has 19 heavy (non-hydrogen) atoms. The van der Waals surface area contributed by atoms with Crippen LogP contribution in [0.5, 0.6) is 5.75 Å². The van der Waals surface area contributed by atoms with Crippen molar-refractivity contribution in [2.75, 3.05) is 13.2 Å². The molecule has 0 saturated carbocycles. The Morgan fingerprint density at radius 3 is 2.42 bits per heavy atom. The fraction of sp³-hybridized carbons (Fsp3) is 0.647. The van der Waals surface area contributed by atoms with Crippen LogP contribution in [-0.4, -0.2) is 18.7 Å². The number of rotatable bonds is 7. The first-order chi connectivity index (χ1) is 8.88. The molecule has 0 atom stereocenters. The molecule has 0 radical (unpaired) electrons. The van der Waals surface area contributed by atoms with Gasteiger partial charge in [0.2, 0.25) is 0 Å². The molecule has 0 aliphatic heterocycles. The molecule has 1 aromatic rings. The summed E-state index contributed by atoms with van der Waals surface area (Å²) >= 11 is 0. The van der Waals surface area contributed by atoms with E-state index in [1.54, 1.807) is 0 Å². The first kappa shape index (κ1) is 16.0. The van der Waals surface area contributed by atoms with Crippen LogP contribution in [0, 0.1) is 13.8 Å². The van der Waals surface area contributed by atoms with Crippen molar-refractivity contribution >= 4 is 0 Å². The summed E-state index contributed by atoms with van der Waals surface area (Å²) in [5.41, 5.74) is 2.75. The van der Waals surface area contributed by atoms with Crippen LogP contribution >= 0.6 is 0 Å². The summed E-state index contributed by atoms with van der Waals surface area (Å²) in [7, 11) is 0. The van der Waals surface area contributed by atoms with Gasteiger partial charge in [0.15, 0.2) is 0 Å². The molecule has 2 nitrogen and oxygen atoms in total. The van der Waals surface area contributed by atoms with Crippen molar-refractivity contribution in [1.82, 2.24) is 5.32 Å². The summed E-state index contributed by atoms with van der Waals surface area (Å²) in [6.45, 7) is 12.7. The second-order valence-electron chi connectivity index (χ2n) is 6.35. The average molecular weight is 263 g/mol. The zero-order valence-corrected chi connectivity index (χ0v) is 13.2. The maximum atomic E-state index is 5.82. The molecule has 2 heteroatoms. The summed E-state index contributed by atoms with van der Waals surface area (Å²) in [5, 5.41) is 3.50. The highest BCUT2D eigenvalue weighted by molar-refractivity contribution is 5.35. The molecule has 0 unspecified atom stereocenters. The number of nitrogens with one attached hydrogen (secondary N) is 1. The Morgan fingerprint density at radius 1 is 1.05 bits per heavy atom. The molecule has 108 valence electrons. The Bertz CT molecular complexity index is 379. The predicted octanol–water partition coefficient (Wildman–Crippen LogP) is 4.24. The number of benzene rings is 1. The fourth-order valence-electron chi connectivity index (χ4n) is 2.01. The van der Waals surface area contributed by atoms with Gasteiger partial charge in [-0.15, -0.1) is 0 Å². The highest BCUT2D eigenvalue weighted by atomic mass is 16.5. The maximum Gasteiger partial charge on any atom is 0.122 e. The number of aryl methyl sites for hydroxylation is 2. The van der Waals surface area contributed by atoms with E-state index in [0.29, 0.717) is 0 Å². The van der Waals surface area contributed by atoms with Crippen molar-refractivity contribution in [3.63, 3.8) is 0 Å². The molecule has 0 bridgehead atoms. The number of unbranched alkanes of at least 4 members (excludes halogenated alkanes) is 2. The number of hydrogen-bond acceptors (Lipinski definition) is 2. The van der Waals surface area contributed by atoms with E-state index in [1.807, 2.05) is 0 Å². The SMILES string of the molecule is Cc1ccc(OCCCCCNC(C)(C)C)c(C)c1. The molecule has 0 saturated heterocycles. The Kier molecular flexibility index (Phi) is 6.36. The minimum absolute atomic E-state index is 0.232. The van der Waals surface area contributed by atoms with Crippen molar-refractivity contribution < 1.29 is 4.74 Å². The van der Waals surface area contributed by atoms with Gasteiger partial charge in [-0.3, -0.25) is 0 Å². The smallest absolute Gasteiger partial charge is 0.122 e. The van der Waals surface area contributed by atoms with Gasteiger partial charge >= 0.3 is 0 Å². The lowest BCUT2D eigenvalue weighted by atomic mass is 10.1. The molecule has 1 rings (SSSR count). The summed E-state index contributed by atoms with van der Waals surface area (Å²) < 4.78 is 5.82. The molecule has 0 aliphatic carbocycles. The van der Waals surface area contributed by atoms with Crippen LogP contribution in [0.4, 0.5) is 0 Å². The van der Waals surface area contributed by atoms with Gasteiger partial charge in [0.1, 0.15) is 5.75 Å². The van der Waals surface area contributed by atoms with E-state index in [1.165, 1.54) is 24.0 Å². The van der Waals surface area contributed by atoms with E-state index < -0.39 is 0 Å². The lowest BCUT2D eigenvalue weighted by molar-refractivity contribution is 0.301. The lowest BCUT2D eigenvalue weighted by Crippen LogP contribution is -2.36. The van der Waals surface area contributed by atoms with Gasteiger partial charge in [-0.25, -0.2) is 0 Å². The van der Waals surface area contributed by atoms with E-state index >= 15 is 0 Å². The summed E-state index contributed by atoms with van der Waals surface area (Å²) in [4.78, 5) is 0. The third kappa shape index (κ3) is 7.22. The minimum Gasteiger partial charge on any atom is -0.493 e. The summed E-state index contributed by atoms with van der Waals surface area (Å²) in [6.07, 6.45) is 3.56. The van der Waals surface area contributed by atoms with Crippen LogP contribution in [0.1, 0.15) is 51.2 Å². The summed E-state index contributed by atoms with van der Waals surface area (Å²) in [5.74, 6) is 1.03. The second kappa shape index (κ2) is 7.54. The molecular weight excluding hydrogens is 234 g/mol. The molecule has 1 N–H and O–H groups in total. The van der Waals surface area contributed by atoms with Crippen LogP contribution in [-0.2, 0) is 0 Å². The van der Waals surface area contributed by atoms with E-state index in [-0.39, 0.29) is 5.54 Å². The van der Waals surface area contributed by atoms with E-state index in [2.05, 4.69) is 58.1 Å². The van der Waals surface area contributed by atoms with Gasteiger partial charge < -0.3 is 10.1 Å². The van der Waals surface area contributed by atoms with Crippen molar-refractivity contribution in [2.24, 2.45) is 0 Å². The van der Waals surface area contributed by atoms with Crippen LogP contribution in [0.25, 0.3) is 0 Å². The number of hydrogen-bond donors (Lipinski definition) is 1.